The van der Waals surface area contributed by atoms with Crippen LogP contribution in [0.2, 0.25) is 0 Å². The van der Waals surface area contributed by atoms with Crippen molar-refractivity contribution < 1.29 is 5.11 Å². The van der Waals surface area contributed by atoms with Gasteiger partial charge >= 0.3 is 0 Å². The van der Waals surface area contributed by atoms with Crippen LogP contribution in [-0.4, -0.2) is 42.3 Å². The minimum Gasteiger partial charge on any atom is -0.395 e. The molecule has 0 atom stereocenters. The third kappa shape index (κ3) is 6.56. The van der Waals surface area contributed by atoms with Crippen LogP contribution >= 0.6 is 12.4 Å². The molecule has 3 N–H and O–H groups in total. The van der Waals surface area contributed by atoms with Gasteiger partial charge in [0.05, 0.1) is 6.61 Å². The lowest BCUT2D eigenvalue weighted by molar-refractivity contribution is 0.170. The Morgan fingerprint density at radius 1 is 1.36 bits per heavy atom. The van der Waals surface area contributed by atoms with E-state index in [2.05, 4.69) is 18.7 Å². The summed E-state index contributed by atoms with van der Waals surface area (Å²) in [5.74, 6) is 0. The highest BCUT2D eigenvalue weighted by Crippen LogP contribution is 1.94. The van der Waals surface area contributed by atoms with Gasteiger partial charge in [-0.3, -0.25) is 4.90 Å². The van der Waals surface area contributed by atoms with E-state index in [1.807, 2.05) is 0 Å². The molecule has 0 radical (unpaired) electrons. The number of rotatable bonds is 5. The Bertz CT molecular complexity index is 74.8. The molecule has 4 heteroatoms. The Hall–Kier alpha value is 0.170. The fourth-order valence-electron chi connectivity index (χ4n) is 0.922. The van der Waals surface area contributed by atoms with E-state index in [0.717, 1.165) is 13.1 Å². The molecule has 11 heavy (non-hydrogen) atoms. The van der Waals surface area contributed by atoms with Crippen molar-refractivity contribution in [1.82, 2.24) is 4.90 Å². The second-order valence-corrected chi connectivity index (χ2v) is 2.64. The maximum atomic E-state index is 8.63. The van der Waals surface area contributed by atoms with Crippen molar-refractivity contribution in [2.75, 3.05) is 26.2 Å². The number of nitrogens with two attached hydrogens (primary N) is 1. The van der Waals surface area contributed by atoms with Crippen molar-refractivity contribution in [2.24, 2.45) is 5.73 Å². The van der Waals surface area contributed by atoms with Crippen LogP contribution in [0, 0.1) is 0 Å². The second-order valence-electron chi connectivity index (χ2n) is 2.64. The van der Waals surface area contributed by atoms with E-state index in [4.69, 9.17) is 10.8 Å². The average molecular weight is 183 g/mol. The van der Waals surface area contributed by atoms with E-state index in [0.29, 0.717) is 12.6 Å². The first-order valence-electron chi connectivity index (χ1n) is 3.77. The van der Waals surface area contributed by atoms with Crippen molar-refractivity contribution in [3.05, 3.63) is 0 Å². The summed E-state index contributed by atoms with van der Waals surface area (Å²) >= 11 is 0. The highest BCUT2D eigenvalue weighted by molar-refractivity contribution is 5.85. The van der Waals surface area contributed by atoms with Crippen LogP contribution in [0.4, 0.5) is 0 Å². The third-order valence-electron chi connectivity index (χ3n) is 1.53. The van der Waals surface area contributed by atoms with Crippen LogP contribution in [0.25, 0.3) is 0 Å². The Morgan fingerprint density at radius 2 is 1.91 bits per heavy atom. The fourth-order valence-corrected chi connectivity index (χ4v) is 0.922. The monoisotopic (exact) mass is 182 g/mol. The SMILES string of the molecule is CC(C)N(CCN)CCO.Cl. The molecule has 0 aliphatic carbocycles. The number of hydrogen-bond donors (Lipinski definition) is 2. The van der Waals surface area contributed by atoms with Crippen molar-refractivity contribution in [3.63, 3.8) is 0 Å². The van der Waals surface area contributed by atoms with Gasteiger partial charge < -0.3 is 10.8 Å². The van der Waals surface area contributed by atoms with Gasteiger partial charge in [-0.25, -0.2) is 0 Å². The maximum absolute atomic E-state index is 8.63. The summed E-state index contributed by atoms with van der Waals surface area (Å²) < 4.78 is 0. The highest BCUT2D eigenvalue weighted by atomic mass is 35.5. The Morgan fingerprint density at radius 3 is 2.18 bits per heavy atom. The van der Waals surface area contributed by atoms with E-state index in [9.17, 15) is 0 Å². The molecule has 3 nitrogen and oxygen atoms in total. The van der Waals surface area contributed by atoms with Crippen molar-refractivity contribution in [1.29, 1.82) is 0 Å². The molecule has 0 aromatic carbocycles. The number of nitrogens with zero attached hydrogens (tertiary/aromatic N) is 1. The molecule has 0 heterocycles. The van der Waals surface area contributed by atoms with Crippen molar-refractivity contribution in [2.45, 2.75) is 19.9 Å². The first kappa shape index (κ1) is 13.7. The maximum Gasteiger partial charge on any atom is 0.0558 e. The zero-order valence-corrected chi connectivity index (χ0v) is 8.10. The number of aliphatic hydroxyl groups is 1. The summed E-state index contributed by atoms with van der Waals surface area (Å²) in [6, 6.07) is 0.482. The first-order chi connectivity index (χ1) is 4.72. The van der Waals surface area contributed by atoms with E-state index in [1.165, 1.54) is 0 Å². The first-order valence-corrected chi connectivity index (χ1v) is 3.77. The molecule has 0 bridgehead atoms. The molecule has 0 amide bonds. The zero-order chi connectivity index (χ0) is 7.98. The van der Waals surface area contributed by atoms with Gasteiger partial charge in [-0.15, -0.1) is 12.4 Å². The number of hydrogen-bond acceptors (Lipinski definition) is 3. The molecule has 0 rings (SSSR count). The standard InChI is InChI=1S/C7H18N2O.ClH/c1-7(2)9(4-3-8)5-6-10;/h7,10H,3-6,8H2,1-2H3;1H. The van der Waals surface area contributed by atoms with E-state index >= 15 is 0 Å². The summed E-state index contributed by atoms with van der Waals surface area (Å²) in [7, 11) is 0. The van der Waals surface area contributed by atoms with E-state index in [-0.39, 0.29) is 19.0 Å². The van der Waals surface area contributed by atoms with Crippen molar-refractivity contribution in [3.8, 4) is 0 Å². The van der Waals surface area contributed by atoms with Crippen molar-refractivity contribution >= 4 is 12.4 Å². The van der Waals surface area contributed by atoms with Gasteiger partial charge in [0.2, 0.25) is 0 Å². The molecule has 0 saturated carbocycles. The Labute approximate surface area is 75.0 Å². The summed E-state index contributed by atoms with van der Waals surface area (Å²) in [6.45, 7) is 6.69. The smallest absolute Gasteiger partial charge is 0.0558 e. The van der Waals surface area contributed by atoms with Gasteiger partial charge in [0, 0.05) is 25.7 Å². The number of aliphatic hydroxyl groups excluding tert-OH is 1. The molecular formula is C7H19ClN2O. The molecule has 0 aromatic heterocycles. The molecular weight excluding hydrogens is 164 g/mol. The lowest BCUT2D eigenvalue weighted by Crippen LogP contribution is -2.37. The van der Waals surface area contributed by atoms with Gasteiger partial charge in [-0.05, 0) is 13.8 Å². The molecule has 0 fully saturated rings. The minimum atomic E-state index is 0. The third-order valence-corrected chi connectivity index (χ3v) is 1.53. The number of halogens is 1. The Kier molecular flexibility index (Phi) is 10.3. The van der Waals surface area contributed by atoms with E-state index in [1.54, 1.807) is 0 Å². The molecule has 0 aromatic rings. The second kappa shape index (κ2) is 8.27. The van der Waals surface area contributed by atoms with Crippen LogP contribution in [-0.2, 0) is 0 Å². The Balaban J connectivity index is 0. The van der Waals surface area contributed by atoms with Crippen LogP contribution in [0.1, 0.15) is 13.8 Å². The van der Waals surface area contributed by atoms with Crippen LogP contribution in [0.3, 0.4) is 0 Å². The predicted octanol–water partition coefficient (Wildman–Crippen LogP) is 0.0696. The van der Waals surface area contributed by atoms with Gasteiger partial charge in [0.1, 0.15) is 0 Å². The molecule has 0 spiro atoms. The largest absolute Gasteiger partial charge is 0.395 e. The van der Waals surface area contributed by atoms with Gasteiger partial charge in [-0.1, -0.05) is 0 Å². The molecule has 0 aliphatic heterocycles. The lowest BCUT2D eigenvalue weighted by atomic mass is 10.3. The highest BCUT2D eigenvalue weighted by Gasteiger charge is 2.05. The summed E-state index contributed by atoms with van der Waals surface area (Å²) in [6.07, 6.45) is 0. The minimum absolute atomic E-state index is 0. The van der Waals surface area contributed by atoms with Crippen LogP contribution < -0.4 is 5.73 Å². The van der Waals surface area contributed by atoms with Gasteiger partial charge in [-0.2, -0.15) is 0 Å². The van der Waals surface area contributed by atoms with Gasteiger partial charge in [0.25, 0.3) is 0 Å². The van der Waals surface area contributed by atoms with Crippen LogP contribution in [0.5, 0.6) is 0 Å². The quantitative estimate of drug-likeness (QED) is 0.633. The predicted molar refractivity (Wildman–Crippen MR) is 50.1 cm³/mol. The topological polar surface area (TPSA) is 49.5 Å². The molecule has 0 aliphatic rings. The van der Waals surface area contributed by atoms with Gasteiger partial charge in [0.15, 0.2) is 0 Å². The van der Waals surface area contributed by atoms with E-state index < -0.39 is 0 Å². The average Bonchev–Trinajstić information content (AvgIpc) is 1.87. The fraction of sp³-hybridized carbons (Fsp3) is 1.00. The molecule has 70 valence electrons. The zero-order valence-electron chi connectivity index (χ0n) is 7.29. The summed E-state index contributed by atoms with van der Waals surface area (Å²) in [4.78, 5) is 2.15. The van der Waals surface area contributed by atoms with Crippen LogP contribution in [0.15, 0.2) is 0 Å². The lowest BCUT2D eigenvalue weighted by Gasteiger charge is -2.24. The normalized spacial score (nSPS) is 10.4. The molecule has 0 saturated heterocycles. The summed E-state index contributed by atoms with van der Waals surface area (Å²) in [5.41, 5.74) is 5.37. The molecule has 0 unspecified atom stereocenters. The summed E-state index contributed by atoms with van der Waals surface area (Å²) in [5, 5.41) is 8.63.